The second-order valence-corrected chi connectivity index (χ2v) is 6.41. The maximum Gasteiger partial charge on any atom is 0.264 e. The molecule has 22 heavy (non-hydrogen) atoms. The van der Waals surface area contributed by atoms with Gasteiger partial charge in [0.2, 0.25) is 0 Å². The lowest BCUT2D eigenvalue weighted by Gasteiger charge is -2.13. The van der Waals surface area contributed by atoms with Gasteiger partial charge < -0.3 is 9.47 Å². The molecule has 0 heterocycles. The lowest BCUT2D eigenvalue weighted by atomic mass is 10.3. The van der Waals surface area contributed by atoms with Crippen molar-refractivity contribution in [3.63, 3.8) is 0 Å². The van der Waals surface area contributed by atoms with Gasteiger partial charge in [-0.05, 0) is 43.3 Å². The fraction of sp³-hybridized carbons (Fsp3) is 0.250. The first-order valence-corrected chi connectivity index (χ1v) is 8.58. The maximum atomic E-state index is 11.0. The van der Waals surface area contributed by atoms with E-state index in [1.54, 1.807) is 31.2 Å². The molecule has 0 aliphatic heterocycles. The molecule has 0 N–H and O–H groups in total. The SMILES string of the molecule is C[C@H](COc1ccc(Oc2ccccc2)cc1)OS(C)(=O)=O. The van der Waals surface area contributed by atoms with Crippen LogP contribution in [0.25, 0.3) is 0 Å². The Balaban J connectivity index is 1.87. The Hall–Kier alpha value is -2.05. The van der Waals surface area contributed by atoms with E-state index in [1.807, 2.05) is 30.3 Å². The summed E-state index contributed by atoms with van der Waals surface area (Å²) in [5.74, 6) is 2.06. The van der Waals surface area contributed by atoms with E-state index in [4.69, 9.17) is 13.7 Å². The third-order valence-electron chi connectivity index (χ3n) is 2.63. The summed E-state index contributed by atoms with van der Waals surface area (Å²) in [6, 6.07) is 16.5. The highest BCUT2D eigenvalue weighted by molar-refractivity contribution is 7.86. The van der Waals surface area contributed by atoms with E-state index in [2.05, 4.69) is 0 Å². The molecule has 0 radical (unpaired) electrons. The molecule has 0 saturated carbocycles. The Kier molecular flexibility index (Phi) is 5.41. The molecule has 0 aliphatic rings. The molecule has 2 aromatic carbocycles. The first-order valence-electron chi connectivity index (χ1n) is 6.76. The van der Waals surface area contributed by atoms with Crippen molar-refractivity contribution in [1.29, 1.82) is 0 Å². The van der Waals surface area contributed by atoms with Crippen LogP contribution < -0.4 is 9.47 Å². The lowest BCUT2D eigenvalue weighted by molar-refractivity contribution is 0.150. The minimum atomic E-state index is -3.47. The summed E-state index contributed by atoms with van der Waals surface area (Å²) >= 11 is 0. The van der Waals surface area contributed by atoms with Crippen LogP contribution in [-0.4, -0.2) is 27.4 Å². The molecule has 5 nitrogen and oxygen atoms in total. The van der Waals surface area contributed by atoms with Crippen molar-refractivity contribution in [2.45, 2.75) is 13.0 Å². The van der Waals surface area contributed by atoms with Crippen LogP contribution in [0.3, 0.4) is 0 Å². The summed E-state index contributed by atoms with van der Waals surface area (Å²) in [5, 5.41) is 0. The summed E-state index contributed by atoms with van der Waals surface area (Å²) in [4.78, 5) is 0. The zero-order valence-electron chi connectivity index (χ0n) is 12.4. The number of rotatable bonds is 7. The van der Waals surface area contributed by atoms with Crippen molar-refractivity contribution in [3.8, 4) is 17.2 Å². The van der Waals surface area contributed by atoms with E-state index in [9.17, 15) is 8.42 Å². The van der Waals surface area contributed by atoms with Gasteiger partial charge in [0.05, 0.1) is 6.26 Å². The van der Waals surface area contributed by atoms with E-state index >= 15 is 0 Å². The summed E-state index contributed by atoms with van der Waals surface area (Å²) in [5.41, 5.74) is 0. The van der Waals surface area contributed by atoms with E-state index in [0.717, 1.165) is 12.0 Å². The molecule has 6 heteroatoms. The summed E-state index contributed by atoms with van der Waals surface area (Å²) < 4.78 is 37.9. The van der Waals surface area contributed by atoms with Crippen LogP contribution in [0.2, 0.25) is 0 Å². The fourth-order valence-electron chi connectivity index (χ4n) is 1.77. The highest BCUT2D eigenvalue weighted by atomic mass is 32.2. The zero-order chi connectivity index (χ0) is 16.0. The molecule has 0 aromatic heterocycles. The van der Waals surface area contributed by atoms with Gasteiger partial charge in [-0.15, -0.1) is 0 Å². The smallest absolute Gasteiger partial charge is 0.264 e. The molecule has 0 amide bonds. The van der Waals surface area contributed by atoms with Gasteiger partial charge in [0.25, 0.3) is 10.1 Å². The first-order chi connectivity index (χ1) is 10.4. The van der Waals surface area contributed by atoms with Crippen molar-refractivity contribution in [3.05, 3.63) is 54.6 Å². The number of hydrogen-bond acceptors (Lipinski definition) is 5. The van der Waals surface area contributed by atoms with Crippen molar-refractivity contribution in [2.24, 2.45) is 0 Å². The molecule has 118 valence electrons. The van der Waals surface area contributed by atoms with Gasteiger partial charge in [-0.3, -0.25) is 4.18 Å². The van der Waals surface area contributed by atoms with Crippen LogP contribution in [0.1, 0.15) is 6.92 Å². The molecule has 1 atom stereocenters. The Morgan fingerprint density at radius 3 is 2.05 bits per heavy atom. The topological polar surface area (TPSA) is 61.8 Å². The molecule has 0 aliphatic carbocycles. The summed E-state index contributed by atoms with van der Waals surface area (Å²) in [6.45, 7) is 1.78. The second-order valence-electron chi connectivity index (χ2n) is 4.81. The lowest BCUT2D eigenvalue weighted by Crippen LogP contribution is -2.21. The molecular weight excluding hydrogens is 304 g/mol. The van der Waals surface area contributed by atoms with Crippen LogP contribution >= 0.6 is 0 Å². The molecule has 0 unspecified atom stereocenters. The van der Waals surface area contributed by atoms with Crippen LogP contribution in [0.15, 0.2) is 54.6 Å². The van der Waals surface area contributed by atoms with E-state index in [1.165, 1.54) is 0 Å². The highest BCUT2D eigenvalue weighted by Crippen LogP contribution is 2.23. The van der Waals surface area contributed by atoms with E-state index in [-0.39, 0.29) is 6.61 Å². The predicted molar refractivity (Wildman–Crippen MR) is 83.8 cm³/mol. The molecule has 0 bridgehead atoms. The van der Waals surface area contributed by atoms with Crippen molar-refractivity contribution in [1.82, 2.24) is 0 Å². The maximum absolute atomic E-state index is 11.0. The Morgan fingerprint density at radius 2 is 1.45 bits per heavy atom. The Morgan fingerprint density at radius 1 is 0.909 bits per heavy atom. The molecule has 0 spiro atoms. The monoisotopic (exact) mass is 322 g/mol. The average Bonchev–Trinajstić information content (AvgIpc) is 2.46. The van der Waals surface area contributed by atoms with Crippen molar-refractivity contribution < 1.29 is 22.1 Å². The van der Waals surface area contributed by atoms with Gasteiger partial charge in [0, 0.05) is 0 Å². The number of benzene rings is 2. The second kappa shape index (κ2) is 7.29. The van der Waals surface area contributed by atoms with E-state index in [0.29, 0.717) is 11.5 Å². The number of hydrogen-bond donors (Lipinski definition) is 0. The average molecular weight is 322 g/mol. The van der Waals surface area contributed by atoms with Gasteiger partial charge in [-0.2, -0.15) is 8.42 Å². The third kappa shape index (κ3) is 5.75. The van der Waals surface area contributed by atoms with E-state index < -0.39 is 16.2 Å². The normalized spacial score (nSPS) is 12.6. The predicted octanol–water partition coefficient (Wildman–Crippen LogP) is 3.22. The molecular formula is C16H18O5S. The van der Waals surface area contributed by atoms with Gasteiger partial charge in [0.1, 0.15) is 30.0 Å². The summed E-state index contributed by atoms with van der Waals surface area (Å²) in [6.07, 6.45) is 0.467. The zero-order valence-corrected chi connectivity index (χ0v) is 13.2. The minimum absolute atomic E-state index is 0.145. The molecule has 0 saturated heterocycles. The van der Waals surface area contributed by atoms with Gasteiger partial charge in [-0.1, -0.05) is 18.2 Å². The molecule has 2 aromatic rings. The Labute approximate surface area is 130 Å². The third-order valence-corrected chi connectivity index (χ3v) is 3.30. The minimum Gasteiger partial charge on any atom is -0.491 e. The van der Waals surface area contributed by atoms with Gasteiger partial charge >= 0.3 is 0 Å². The van der Waals surface area contributed by atoms with Crippen LogP contribution in [0, 0.1) is 0 Å². The van der Waals surface area contributed by atoms with Crippen LogP contribution in [-0.2, 0) is 14.3 Å². The van der Waals surface area contributed by atoms with Crippen LogP contribution in [0.4, 0.5) is 0 Å². The number of para-hydroxylation sites is 1. The van der Waals surface area contributed by atoms with Crippen molar-refractivity contribution >= 4 is 10.1 Å². The molecule has 2 rings (SSSR count). The first kappa shape index (κ1) is 16.3. The van der Waals surface area contributed by atoms with Gasteiger partial charge in [-0.25, -0.2) is 0 Å². The summed E-state index contributed by atoms with van der Waals surface area (Å²) in [7, 11) is -3.47. The largest absolute Gasteiger partial charge is 0.491 e. The van der Waals surface area contributed by atoms with Gasteiger partial charge in [0.15, 0.2) is 0 Å². The standard InChI is InChI=1S/C16H18O5S/c1-13(21-22(2,17)18)12-19-14-8-10-16(11-9-14)20-15-6-4-3-5-7-15/h3-11,13H,12H2,1-2H3/t13-/m1/s1. The fourth-order valence-corrected chi connectivity index (χ4v) is 2.42. The molecule has 0 fully saturated rings. The van der Waals surface area contributed by atoms with Crippen LogP contribution in [0.5, 0.6) is 17.2 Å². The Bertz CT molecular complexity index is 680. The number of ether oxygens (including phenoxy) is 2. The quantitative estimate of drug-likeness (QED) is 0.732. The highest BCUT2D eigenvalue weighted by Gasteiger charge is 2.11. The van der Waals surface area contributed by atoms with Crippen molar-refractivity contribution in [2.75, 3.05) is 12.9 Å².